The Kier molecular flexibility index (Phi) is 4.17. The van der Waals surface area contributed by atoms with Gasteiger partial charge in [0, 0.05) is 12.6 Å². The Morgan fingerprint density at radius 2 is 2.09 bits per heavy atom. The number of hydrogen-bond donors (Lipinski definition) is 0. The highest BCUT2D eigenvalue weighted by molar-refractivity contribution is 7.91. The summed E-state index contributed by atoms with van der Waals surface area (Å²) in [5.41, 5.74) is 0.595. The summed E-state index contributed by atoms with van der Waals surface area (Å²) < 4.78 is 40.2. The molecular weight excluding hydrogens is 343 g/mol. The van der Waals surface area contributed by atoms with Crippen molar-refractivity contribution in [1.29, 1.82) is 0 Å². The second-order valence-electron chi connectivity index (χ2n) is 5.18. The zero-order valence-electron chi connectivity index (χ0n) is 11.9. The van der Waals surface area contributed by atoms with E-state index in [1.807, 2.05) is 0 Å². The first kappa shape index (κ1) is 16.0. The third kappa shape index (κ3) is 2.99. The molecule has 1 atom stereocenters. The van der Waals surface area contributed by atoms with Crippen LogP contribution in [-0.2, 0) is 10.0 Å². The smallest absolute Gasteiger partial charge is 0.258 e. The first-order chi connectivity index (χ1) is 10.9. The average molecular weight is 356 g/mol. The van der Waals surface area contributed by atoms with Gasteiger partial charge in [-0.05, 0) is 47.9 Å². The molecule has 0 bridgehead atoms. The SMILES string of the molecule is O=[N+]([O-])c1ccc(S(=O)(=O)N2CCC[C@H]2c2cccc(F)c2)s1. The van der Waals surface area contributed by atoms with Gasteiger partial charge < -0.3 is 0 Å². The van der Waals surface area contributed by atoms with E-state index in [1.54, 1.807) is 12.1 Å². The summed E-state index contributed by atoms with van der Waals surface area (Å²) >= 11 is 0.632. The Morgan fingerprint density at radius 1 is 1.30 bits per heavy atom. The molecule has 0 aliphatic carbocycles. The molecule has 0 unspecified atom stereocenters. The molecule has 1 aromatic heterocycles. The van der Waals surface area contributed by atoms with Crippen LogP contribution in [0.5, 0.6) is 0 Å². The van der Waals surface area contributed by atoms with Crippen LogP contribution in [0, 0.1) is 15.9 Å². The van der Waals surface area contributed by atoms with Gasteiger partial charge in [-0.15, -0.1) is 0 Å². The van der Waals surface area contributed by atoms with Gasteiger partial charge in [-0.1, -0.05) is 12.1 Å². The molecule has 0 radical (unpaired) electrons. The third-order valence-electron chi connectivity index (χ3n) is 3.75. The van der Waals surface area contributed by atoms with Crippen molar-refractivity contribution in [2.45, 2.75) is 23.1 Å². The molecule has 0 saturated carbocycles. The van der Waals surface area contributed by atoms with E-state index >= 15 is 0 Å². The summed E-state index contributed by atoms with van der Waals surface area (Å²) in [4.78, 5) is 10.1. The van der Waals surface area contributed by atoms with Crippen molar-refractivity contribution in [3.05, 3.63) is 57.9 Å². The van der Waals surface area contributed by atoms with Gasteiger partial charge in [-0.2, -0.15) is 4.31 Å². The van der Waals surface area contributed by atoms with Crippen molar-refractivity contribution in [3.8, 4) is 0 Å². The number of benzene rings is 1. The number of sulfonamides is 1. The summed E-state index contributed by atoms with van der Waals surface area (Å²) in [5, 5.41) is 10.5. The van der Waals surface area contributed by atoms with Crippen LogP contribution >= 0.6 is 11.3 Å². The van der Waals surface area contributed by atoms with Gasteiger partial charge in [0.05, 0.1) is 11.0 Å². The molecule has 9 heteroatoms. The average Bonchev–Trinajstić information content (AvgIpc) is 3.17. The first-order valence-electron chi connectivity index (χ1n) is 6.91. The number of thiophene rings is 1. The molecule has 1 aromatic carbocycles. The van der Waals surface area contributed by atoms with Crippen LogP contribution < -0.4 is 0 Å². The molecule has 122 valence electrons. The van der Waals surface area contributed by atoms with Gasteiger partial charge >= 0.3 is 5.00 Å². The summed E-state index contributed by atoms with van der Waals surface area (Å²) in [5.74, 6) is -0.418. The molecule has 0 N–H and O–H groups in total. The lowest BCUT2D eigenvalue weighted by atomic mass is 10.1. The fourth-order valence-electron chi connectivity index (χ4n) is 2.74. The molecular formula is C14H13FN2O4S2. The second kappa shape index (κ2) is 5.99. The molecule has 2 aromatic rings. The van der Waals surface area contributed by atoms with Crippen LogP contribution in [0.2, 0.25) is 0 Å². The van der Waals surface area contributed by atoms with E-state index in [9.17, 15) is 22.9 Å². The van der Waals surface area contributed by atoms with Gasteiger partial charge in [-0.25, -0.2) is 12.8 Å². The maximum absolute atomic E-state index is 13.4. The highest BCUT2D eigenvalue weighted by Gasteiger charge is 2.37. The number of nitro groups is 1. The minimum absolute atomic E-state index is 0.0625. The quantitative estimate of drug-likeness (QED) is 0.622. The highest BCUT2D eigenvalue weighted by Crippen LogP contribution is 2.39. The van der Waals surface area contributed by atoms with Gasteiger partial charge in [0.2, 0.25) is 0 Å². The van der Waals surface area contributed by atoms with Crippen molar-refractivity contribution in [3.63, 3.8) is 0 Å². The standard InChI is InChI=1S/C14H13FN2O4S2/c15-11-4-1-3-10(9-11)12-5-2-8-16(12)23(20,21)14-7-6-13(22-14)17(18)19/h1,3-4,6-7,9,12H,2,5,8H2/t12-/m0/s1. The maximum atomic E-state index is 13.4. The van der Waals surface area contributed by atoms with Crippen molar-refractivity contribution >= 4 is 26.4 Å². The van der Waals surface area contributed by atoms with Crippen LogP contribution in [0.4, 0.5) is 9.39 Å². The number of nitrogens with zero attached hydrogens (tertiary/aromatic N) is 2. The van der Waals surface area contributed by atoms with E-state index in [4.69, 9.17) is 0 Å². The first-order valence-corrected chi connectivity index (χ1v) is 9.17. The Balaban J connectivity index is 1.96. The Bertz CT molecular complexity index is 850. The number of halogens is 1. The van der Waals surface area contributed by atoms with E-state index < -0.39 is 26.8 Å². The number of rotatable bonds is 4. The zero-order valence-corrected chi connectivity index (χ0v) is 13.5. The van der Waals surface area contributed by atoms with E-state index in [0.717, 1.165) is 0 Å². The van der Waals surface area contributed by atoms with E-state index in [0.29, 0.717) is 36.3 Å². The van der Waals surface area contributed by atoms with Gasteiger partial charge in [0.25, 0.3) is 10.0 Å². The lowest BCUT2D eigenvalue weighted by Crippen LogP contribution is -2.30. The minimum atomic E-state index is -3.84. The molecule has 0 spiro atoms. The summed E-state index contributed by atoms with van der Waals surface area (Å²) in [6.45, 7) is 0.315. The topological polar surface area (TPSA) is 80.5 Å². The van der Waals surface area contributed by atoms with Crippen molar-refractivity contribution in [2.75, 3.05) is 6.54 Å². The van der Waals surface area contributed by atoms with E-state index in [1.165, 1.54) is 28.6 Å². The molecule has 0 amide bonds. The monoisotopic (exact) mass is 356 g/mol. The van der Waals surface area contributed by atoms with Gasteiger partial charge in [-0.3, -0.25) is 10.1 Å². The Hall–Kier alpha value is -1.84. The molecule has 1 aliphatic rings. The maximum Gasteiger partial charge on any atom is 0.325 e. The fourth-order valence-corrected chi connectivity index (χ4v) is 5.66. The van der Waals surface area contributed by atoms with Crippen molar-refractivity contribution < 1.29 is 17.7 Å². The zero-order chi connectivity index (χ0) is 16.6. The second-order valence-corrected chi connectivity index (χ2v) is 8.36. The Labute approximate surface area is 136 Å². The lowest BCUT2D eigenvalue weighted by Gasteiger charge is -2.23. The summed E-state index contributed by atoms with van der Waals surface area (Å²) in [6.07, 6.45) is 1.25. The van der Waals surface area contributed by atoms with E-state index in [-0.39, 0.29) is 9.21 Å². The molecule has 1 fully saturated rings. The molecule has 1 saturated heterocycles. The van der Waals surface area contributed by atoms with Crippen LogP contribution in [0.25, 0.3) is 0 Å². The van der Waals surface area contributed by atoms with Crippen LogP contribution in [0.3, 0.4) is 0 Å². The Morgan fingerprint density at radius 3 is 2.74 bits per heavy atom. The number of hydrogen-bond acceptors (Lipinski definition) is 5. The van der Waals surface area contributed by atoms with E-state index in [2.05, 4.69) is 0 Å². The van der Waals surface area contributed by atoms with Crippen molar-refractivity contribution in [2.24, 2.45) is 0 Å². The normalized spacial score (nSPS) is 19.1. The molecule has 3 rings (SSSR count). The predicted octanol–water partition coefficient (Wildman–Crippen LogP) is 3.32. The highest BCUT2D eigenvalue weighted by atomic mass is 32.2. The van der Waals surface area contributed by atoms with Gasteiger partial charge in [0.15, 0.2) is 0 Å². The summed E-state index contributed by atoms with van der Waals surface area (Å²) in [7, 11) is -3.84. The van der Waals surface area contributed by atoms with Crippen LogP contribution in [0.1, 0.15) is 24.4 Å². The summed E-state index contributed by atoms with van der Waals surface area (Å²) in [6, 6.07) is 7.86. The minimum Gasteiger partial charge on any atom is -0.258 e. The van der Waals surface area contributed by atoms with Gasteiger partial charge in [0.1, 0.15) is 10.0 Å². The van der Waals surface area contributed by atoms with Crippen LogP contribution in [-0.4, -0.2) is 24.2 Å². The fraction of sp³-hybridized carbons (Fsp3) is 0.286. The third-order valence-corrected chi connectivity index (χ3v) is 7.16. The molecule has 2 heterocycles. The van der Waals surface area contributed by atoms with Crippen LogP contribution in [0.15, 0.2) is 40.6 Å². The molecule has 23 heavy (non-hydrogen) atoms. The largest absolute Gasteiger partial charge is 0.325 e. The lowest BCUT2D eigenvalue weighted by molar-refractivity contribution is -0.380. The van der Waals surface area contributed by atoms with Crippen molar-refractivity contribution in [1.82, 2.24) is 4.31 Å². The molecule has 1 aliphatic heterocycles. The molecule has 6 nitrogen and oxygen atoms in total. The predicted molar refractivity (Wildman–Crippen MR) is 83.2 cm³/mol.